The second-order valence-electron chi connectivity index (χ2n) is 5.06. The third kappa shape index (κ3) is 3.94. The molecule has 0 bridgehead atoms. The number of halogens is 2. The molecule has 1 aromatic heterocycles. The number of pyridine rings is 1. The highest BCUT2D eigenvalue weighted by Gasteiger charge is 2.15. The van der Waals surface area contributed by atoms with Crippen LogP contribution in [0.4, 0.5) is 0 Å². The zero-order chi connectivity index (χ0) is 16.9. The van der Waals surface area contributed by atoms with E-state index in [9.17, 15) is 4.79 Å². The van der Waals surface area contributed by atoms with E-state index in [1.54, 1.807) is 42.6 Å². The number of aromatic nitrogens is 1. The molecule has 3 rings (SSSR count). The van der Waals surface area contributed by atoms with E-state index in [1.165, 1.54) is 0 Å². The van der Waals surface area contributed by atoms with Gasteiger partial charge in [-0.25, -0.2) is 4.98 Å². The van der Waals surface area contributed by atoms with Gasteiger partial charge in [0, 0.05) is 28.4 Å². The number of carbonyl (C=O) groups excluding carboxylic acids is 1. The first-order valence-corrected chi connectivity index (χ1v) is 8.06. The highest BCUT2D eigenvalue weighted by atomic mass is 35.5. The van der Waals surface area contributed by atoms with Gasteiger partial charge in [0.25, 0.3) is 0 Å². The highest BCUT2D eigenvalue weighted by molar-refractivity contribution is 6.36. The lowest BCUT2D eigenvalue weighted by Gasteiger charge is -2.05. The Morgan fingerprint density at radius 2 is 1.96 bits per heavy atom. The van der Waals surface area contributed by atoms with Gasteiger partial charge in [-0.15, -0.1) is 0 Å². The van der Waals surface area contributed by atoms with E-state index in [0.29, 0.717) is 39.2 Å². The van der Waals surface area contributed by atoms with Gasteiger partial charge in [0.05, 0.1) is 5.02 Å². The van der Waals surface area contributed by atoms with Gasteiger partial charge in [-0.05, 0) is 48.9 Å². The van der Waals surface area contributed by atoms with Crippen molar-refractivity contribution < 1.29 is 9.53 Å². The van der Waals surface area contributed by atoms with E-state index in [1.807, 2.05) is 24.3 Å². The van der Waals surface area contributed by atoms with Gasteiger partial charge in [-0.1, -0.05) is 35.3 Å². The molecule has 2 aromatic rings. The summed E-state index contributed by atoms with van der Waals surface area (Å²) in [6.45, 7) is 0. The molecule has 0 saturated carbocycles. The van der Waals surface area contributed by atoms with E-state index in [2.05, 4.69) is 4.98 Å². The van der Waals surface area contributed by atoms with Crippen LogP contribution in [0.2, 0.25) is 10.0 Å². The molecule has 5 heteroatoms. The monoisotopic (exact) mass is 357 g/mol. The summed E-state index contributed by atoms with van der Waals surface area (Å²) in [5.41, 5.74) is 0.921. The SMILES string of the molecule is O=C(C1=CCC=C(Oc2ccccn2)C=C1)c1cc(Cl)ccc1Cl. The van der Waals surface area contributed by atoms with E-state index >= 15 is 0 Å². The number of Topliss-reactive ketones (excluding diaryl/α,β-unsaturated/α-hetero) is 1. The normalized spacial score (nSPS) is 13.8. The fourth-order valence-corrected chi connectivity index (χ4v) is 2.58. The van der Waals surface area contributed by atoms with Crippen molar-refractivity contribution in [3.63, 3.8) is 0 Å². The molecule has 0 spiro atoms. The Morgan fingerprint density at radius 1 is 1.08 bits per heavy atom. The number of allylic oxidation sites excluding steroid dienone is 5. The second kappa shape index (κ2) is 7.47. The van der Waals surface area contributed by atoms with Gasteiger partial charge < -0.3 is 4.74 Å². The zero-order valence-corrected chi connectivity index (χ0v) is 14.1. The molecule has 0 aliphatic heterocycles. The Hall–Kier alpha value is -2.36. The van der Waals surface area contributed by atoms with Gasteiger partial charge in [0.15, 0.2) is 5.78 Å². The van der Waals surface area contributed by atoms with Crippen molar-refractivity contribution in [2.75, 3.05) is 0 Å². The van der Waals surface area contributed by atoms with Crippen molar-refractivity contribution in [1.29, 1.82) is 0 Å². The summed E-state index contributed by atoms with van der Waals surface area (Å²) in [6, 6.07) is 10.3. The number of rotatable bonds is 4. The van der Waals surface area contributed by atoms with Gasteiger partial charge >= 0.3 is 0 Å². The molecule has 3 nitrogen and oxygen atoms in total. The van der Waals surface area contributed by atoms with Gasteiger partial charge in [0.2, 0.25) is 5.88 Å². The average molecular weight is 358 g/mol. The number of carbonyl (C=O) groups is 1. The quantitative estimate of drug-likeness (QED) is 0.685. The third-order valence-electron chi connectivity index (χ3n) is 3.38. The Kier molecular flexibility index (Phi) is 5.14. The van der Waals surface area contributed by atoms with Gasteiger partial charge in [0.1, 0.15) is 5.76 Å². The van der Waals surface area contributed by atoms with Crippen LogP contribution in [0.15, 0.2) is 78.2 Å². The summed E-state index contributed by atoms with van der Waals surface area (Å²) < 4.78 is 5.68. The molecule has 0 saturated heterocycles. The number of ether oxygens (including phenoxy) is 1. The predicted molar refractivity (Wildman–Crippen MR) is 95.6 cm³/mol. The average Bonchev–Trinajstić information content (AvgIpc) is 2.83. The molecule has 1 aromatic carbocycles. The van der Waals surface area contributed by atoms with Gasteiger partial charge in [-0.3, -0.25) is 4.79 Å². The van der Waals surface area contributed by atoms with Crippen LogP contribution in [0, 0.1) is 0 Å². The molecule has 24 heavy (non-hydrogen) atoms. The topological polar surface area (TPSA) is 39.2 Å². The van der Waals surface area contributed by atoms with Crippen LogP contribution >= 0.6 is 23.2 Å². The zero-order valence-electron chi connectivity index (χ0n) is 12.6. The van der Waals surface area contributed by atoms with E-state index in [0.717, 1.165) is 0 Å². The molecule has 0 amide bonds. The van der Waals surface area contributed by atoms with Crippen LogP contribution in [-0.2, 0) is 0 Å². The first kappa shape index (κ1) is 16.5. The fraction of sp³-hybridized carbons (Fsp3) is 0.0526. The van der Waals surface area contributed by atoms with Crippen molar-refractivity contribution in [2.45, 2.75) is 6.42 Å². The molecule has 120 valence electrons. The minimum atomic E-state index is -0.175. The summed E-state index contributed by atoms with van der Waals surface area (Å²) in [5.74, 6) is 0.956. The number of hydrogen-bond acceptors (Lipinski definition) is 3. The lowest BCUT2D eigenvalue weighted by molar-refractivity contribution is 0.103. The largest absolute Gasteiger partial charge is 0.439 e. The van der Waals surface area contributed by atoms with Crippen molar-refractivity contribution in [1.82, 2.24) is 4.98 Å². The maximum atomic E-state index is 12.7. The van der Waals surface area contributed by atoms with E-state index < -0.39 is 0 Å². The highest BCUT2D eigenvalue weighted by Crippen LogP contribution is 2.25. The number of hydrogen-bond donors (Lipinski definition) is 0. The minimum absolute atomic E-state index is 0.175. The van der Waals surface area contributed by atoms with Crippen molar-refractivity contribution in [2.24, 2.45) is 0 Å². The molecular formula is C19H13Cl2NO2. The Labute approximate surface area is 149 Å². The maximum Gasteiger partial charge on any atom is 0.219 e. The Morgan fingerprint density at radius 3 is 2.75 bits per heavy atom. The molecule has 0 atom stereocenters. The fourth-order valence-electron chi connectivity index (χ4n) is 2.21. The maximum absolute atomic E-state index is 12.7. The number of benzene rings is 1. The van der Waals surface area contributed by atoms with E-state index in [-0.39, 0.29) is 5.78 Å². The summed E-state index contributed by atoms with van der Waals surface area (Å²) in [5, 5.41) is 0.846. The molecule has 1 aliphatic carbocycles. The second-order valence-corrected chi connectivity index (χ2v) is 5.90. The number of ketones is 1. The molecule has 0 N–H and O–H groups in total. The predicted octanol–water partition coefficient (Wildman–Crippen LogP) is 5.42. The summed E-state index contributed by atoms with van der Waals surface area (Å²) in [7, 11) is 0. The van der Waals surface area contributed by atoms with Crippen molar-refractivity contribution in [3.05, 3.63) is 93.8 Å². The van der Waals surface area contributed by atoms with Crippen LogP contribution in [0.5, 0.6) is 5.88 Å². The van der Waals surface area contributed by atoms with E-state index in [4.69, 9.17) is 27.9 Å². The van der Waals surface area contributed by atoms with Crippen LogP contribution in [-0.4, -0.2) is 10.8 Å². The minimum Gasteiger partial charge on any atom is -0.439 e. The molecule has 0 unspecified atom stereocenters. The first-order valence-electron chi connectivity index (χ1n) is 7.30. The Balaban J connectivity index is 1.77. The summed E-state index contributed by atoms with van der Waals surface area (Å²) in [4.78, 5) is 16.8. The molecular weight excluding hydrogens is 345 g/mol. The molecule has 0 radical (unpaired) electrons. The van der Waals surface area contributed by atoms with Crippen LogP contribution in [0.3, 0.4) is 0 Å². The molecule has 1 aliphatic rings. The smallest absolute Gasteiger partial charge is 0.219 e. The van der Waals surface area contributed by atoms with Crippen LogP contribution in [0.25, 0.3) is 0 Å². The lowest BCUT2D eigenvalue weighted by atomic mass is 10.0. The molecule has 1 heterocycles. The van der Waals surface area contributed by atoms with Crippen molar-refractivity contribution >= 4 is 29.0 Å². The first-order chi connectivity index (χ1) is 11.6. The Bertz CT molecular complexity index is 855. The molecule has 0 fully saturated rings. The van der Waals surface area contributed by atoms with Crippen LogP contribution < -0.4 is 4.74 Å². The summed E-state index contributed by atoms with van der Waals surface area (Å²) >= 11 is 12.1. The van der Waals surface area contributed by atoms with Crippen molar-refractivity contribution in [3.8, 4) is 5.88 Å². The summed E-state index contributed by atoms with van der Waals surface area (Å²) in [6.07, 6.45) is 9.38. The third-order valence-corrected chi connectivity index (χ3v) is 3.94. The van der Waals surface area contributed by atoms with Crippen LogP contribution in [0.1, 0.15) is 16.8 Å². The number of nitrogens with zero attached hydrogens (tertiary/aromatic N) is 1. The lowest BCUT2D eigenvalue weighted by Crippen LogP contribution is -2.02. The standard InChI is InChI=1S/C19H13Cl2NO2/c20-14-8-10-17(21)16(12-14)19(23)13-4-3-5-15(9-7-13)24-18-6-1-2-11-22-18/h1-2,4-12H,3H2. The van der Waals surface area contributed by atoms with Gasteiger partial charge in [-0.2, -0.15) is 0 Å².